The summed E-state index contributed by atoms with van der Waals surface area (Å²) in [5.74, 6) is 0.651. The van der Waals surface area contributed by atoms with Crippen molar-refractivity contribution in [3.8, 4) is 11.5 Å². The molecule has 3 aromatic carbocycles. The standard InChI is InChI=1S/C23H20FNO2S2/c1-3-17-6-10-19(11-7-17)25(22(28)26-20-12-4-16(2)5-13-20)23(29)27-21-14-8-18(24)9-15-21/h4-15H,3H2,1-2H3. The second-order valence-electron chi connectivity index (χ2n) is 6.36. The zero-order chi connectivity index (χ0) is 20.8. The van der Waals surface area contributed by atoms with Crippen molar-refractivity contribution in [2.75, 3.05) is 4.90 Å². The first-order chi connectivity index (χ1) is 14.0. The minimum atomic E-state index is -0.353. The van der Waals surface area contributed by atoms with Crippen LogP contribution in [0.3, 0.4) is 0 Å². The van der Waals surface area contributed by atoms with Crippen molar-refractivity contribution in [1.82, 2.24) is 0 Å². The van der Waals surface area contributed by atoms with Gasteiger partial charge in [-0.15, -0.1) is 0 Å². The van der Waals surface area contributed by atoms with Crippen molar-refractivity contribution in [1.29, 1.82) is 0 Å². The van der Waals surface area contributed by atoms with Gasteiger partial charge in [0.25, 0.3) is 10.3 Å². The molecule has 6 heteroatoms. The number of benzene rings is 3. The Morgan fingerprint density at radius 3 is 1.76 bits per heavy atom. The van der Waals surface area contributed by atoms with Crippen molar-refractivity contribution in [2.45, 2.75) is 20.3 Å². The van der Waals surface area contributed by atoms with Gasteiger partial charge in [-0.05, 0) is 91.9 Å². The Morgan fingerprint density at radius 2 is 1.28 bits per heavy atom. The Kier molecular flexibility index (Phi) is 6.90. The SMILES string of the molecule is CCc1ccc(N(C(=S)Oc2ccc(C)cc2)C(=S)Oc2ccc(F)cc2)cc1. The highest BCUT2D eigenvalue weighted by Gasteiger charge is 2.21. The molecule has 0 heterocycles. The van der Waals surface area contributed by atoms with E-state index in [4.69, 9.17) is 33.9 Å². The summed E-state index contributed by atoms with van der Waals surface area (Å²) in [6.45, 7) is 4.08. The Balaban J connectivity index is 1.87. The number of nitrogens with zero attached hydrogens (tertiary/aromatic N) is 1. The van der Waals surface area contributed by atoms with E-state index in [2.05, 4.69) is 6.92 Å². The zero-order valence-corrected chi connectivity index (χ0v) is 17.7. The highest BCUT2D eigenvalue weighted by atomic mass is 32.1. The number of hydrogen-bond donors (Lipinski definition) is 0. The highest BCUT2D eigenvalue weighted by molar-refractivity contribution is 7.82. The van der Waals surface area contributed by atoms with Crippen LogP contribution in [0.15, 0.2) is 72.8 Å². The first-order valence-electron chi connectivity index (χ1n) is 9.11. The van der Waals surface area contributed by atoms with E-state index in [9.17, 15) is 4.39 Å². The smallest absolute Gasteiger partial charge is 0.277 e. The van der Waals surface area contributed by atoms with E-state index in [1.54, 1.807) is 0 Å². The summed E-state index contributed by atoms with van der Waals surface area (Å²) >= 11 is 11.0. The van der Waals surface area contributed by atoms with Crippen LogP contribution in [0.5, 0.6) is 11.5 Å². The minimum absolute atomic E-state index is 0.0815. The van der Waals surface area contributed by atoms with Crippen LogP contribution in [0.1, 0.15) is 18.1 Å². The number of aryl methyl sites for hydroxylation is 2. The lowest BCUT2D eigenvalue weighted by molar-refractivity contribution is 0.528. The van der Waals surface area contributed by atoms with Crippen molar-refractivity contribution in [2.24, 2.45) is 0 Å². The zero-order valence-electron chi connectivity index (χ0n) is 16.1. The lowest BCUT2D eigenvalue weighted by Crippen LogP contribution is -2.40. The molecule has 0 unspecified atom stereocenters. The predicted molar refractivity (Wildman–Crippen MR) is 122 cm³/mol. The summed E-state index contributed by atoms with van der Waals surface area (Å²) in [5.41, 5.74) is 3.02. The van der Waals surface area contributed by atoms with Crippen LogP contribution >= 0.6 is 24.4 Å². The average Bonchev–Trinajstić information content (AvgIpc) is 2.72. The van der Waals surface area contributed by atoms with Gasteiger partial charge in [0.15, 0.2) is 0 Å². The maximum absolute atomic E-state index is 13.2. The second-order valence-corrected chi connectivity index (χ2v) is 7.06. The number of rotatable bonds is 4. The summed E-state index contributed by atoms with van der Waals surface area (Å²) in [5, 5.41) is 0.211. The Hall–Kier alpha value is -2.83. The normalized spacial score (nSPS) is 10.3. The molecule has 3 rings (SSSR count). The topological polar surface area (TPSA) is 21.7 Å². The molecule has 29 heavy (non-hydrogen) atoms. The minimum Gasteiger partial charge on any atom is -0.431 e. The summed E-state index contributed by atoms with van der Waals surface area (Å²) < 4.78 is 24.8. The molecule has 3 aromatic rings. The third-order valence-electron chi connectivity index (χ3n) is 4.21. The van der Waals surface area contributed by atoms with Crippen molar-refractivity contribution in [3.05, 3.63) is 89.7 Å². The third kappa shape index (κ3) is 5.59. The monoisotopic (exact) mass is 425 g/mol. The van der Waals surface area contributed by atoms with Gasteiger partial charge >= 0.3 is 0 Å². The van der Waals surface area contributed by atoms with Gasteiger partial charge in [0.2, 0.25) is 0 Å². The fraction of sp³-hybridized carbons (Fsp3) is 0.130. The second kappa shape index (κ2) is 9.58. The molecule has 0 aliphatic heterocycles. The number of halogens is 1. The largest absolute Gasteiger partial charge is 0.431 e. The number of hydrogen-bond acceptors (Lipinski definition) is 4. The molecule has 0 atom stereocenters. The average molecular weight is 426 g/mol. The number of anilines is 1. The molecule has 0 saturated heterocycles. The van der Waals surface area contributed by atoms with E-state index >= 15 is 0 Å². The van der Waals surface area contributed by atoms with E-state index in [-0.39, 0.29) is 16.2 Å². The van der Waals surface area contributed by atoms with E-state index < -0.39 is 0 Å². The molecule has 0 aliphatic carbocycles. The Bertz CT molecular complexity index is 927. The van der Waals surface area contributed by atoms with Crippen LogP contribution in [-0.4, -0.2) is 10.3 Å². The van der Waals surface area contributed by atoms with Crippen LogP contribution in [0.25, 0.3) is 0 Å². The maximum Gasteiger partial charge on any atom is 0.277 e. The van der Waals surface area contributed by atoms with Crippen LogP contribution in [0, 0.1) is 12.7 Å². The van der Waals surface area contributed by atoms with E-state index in [0.29, 0.717) is 17.2 Å². The molecule has 0 fully saturated rings. The summed E-state index contributed by atoms with van der Waals surface area (Å²) in [6.07, 6.45) is 0.918. The summed E-state index contributed by atoms with van der Waals surface area (Å²) in [6, 6.07) is 21.0. The molecule has 0 radical (unpaired) electrons. The lowest BCUT2D eigenvalue weighted by Gasteiger charge is -2.25. The van der Waals surface area contributed by atoms with Crippen LogP contribution in [0.4, 0.5) is 10.1 Å². The van der Waals surface area contributed by atoms with Gasteiger partial charge < -0.3 is 9.47 Å². The molecule has 148 valence electrons. The Labute approximate surface area is 180 Å². The van der Waals surface area contributed by atoms with Gasteiger partial charge in [-0.3, -0.25) is 0 Å². The first-order valence-corrected chi connectivity index (χ1v) is 9.93. The van der Waals surface area contributed by atoms with Gasteiger partial charge in [-0.25, -0.2) is 9.29 Å². The first kappa shape index (κ1) is 20.9. The van der Waals surface area contributed by atoms with Crippen LogP contribution in [0.2, 0.25) is 0 Å². The highest BCUT2D eigenvalue weighted by Crippen LogP contribution is 2.22. The van der Waals surface area contributed by atoms with Crippen molar-refractivity contribution in [3.63, 3.8) is 0 Å². The van der Waals surface area contributed by atoms with E-state index in [0.717, 1.165) is 12.0 Å². The van der Waals surface area contributed by atoms with Gasteiger partial charge in [0.1, 0.15) is 17.3 Å². The molecule has 0 bridgehead atoms. The summed E-state index contributed by atoms with van der Waals surface area (Å²) in [4.78, 5) is 1.54. The third-order valence-corrected chi connectivity index (χ3v) is 4.74. The fourth-order valence-electron chi connectivity index (χ4n) is 2.57. The van der Waals surface area contributed by atoms with E-state index in [1.165, 1.54) is 34.7 Å². The molecule has 0 spiro atoms. The lowest BCUT2D eigenvalue weighted by atomic mass is 10.1. The predicted octanol–water partition coefficient (Wildman–Crippen LogP) is 6.23. The molecule has 0 N–H and O–H groups in total. The fourth-order valence-corrected chi connectivity index (χ4v) is 3.19. The molecular formula is C23H20FNO2S2. The van der Waals surface area contributed by atoms with Gasteiger partial charge in [0, 0.05) is 0 Å². The van der Waals surface area contributed by atoms with Crippen molar-refractivity contribution >= 4 is 40.5 Å². The maximum atomic E-state index is 13.2. The van der Waals surface area contributed by atoms with Crippen LogP contribution in [-0.2, 0) is 6.42 Å². The molecule has 0 saturated carbocycles. The van der Waals surface area contributed by atoms with Gasteiger partial charge in [-0.2, -0.15) is 0 Å². The molecule has 3 nitrogen and oxygen atoms in total. The number of thiocarbonyl (C=S) groups is 2. The van der Waals surface area contributed by atoms with Crippen molar-refractivity contribution < 1.29 is 13.9 Å². The molecular weight excluding hydrogens is 405 g/mol. The van der Waals surface area contributed by atoms with Gasteiger partial charge in [0.05, 0.1) is 5.69 Å². The molecule has 0 amide bonds. The van der Waals surface area contributed by atoms with Gasteiger partial charge in [-0.1, -0.05) is 36.8 Å². The summed E-state index contributed by atoms with van der Waals surface area (Å²) in [7, 11) is 0. The number of ether oxygens (including phenoxy) is 2. The van der Waals surface area contributed by atoms with E-state index in [1.807, 2.05) is 55.5 Å². The quantitative estimate of drug-likeness (QED) is 0.461. The molecule has 0 aliphatic rings. The van der Waals surface area contributed by atoms with Crippen LogP contribution < -0.4 is 14.4 Å². The Morgan fingerprint density at radius 1 is 0.793 bits per heavy atom. The molecule has 0 aromatic heterocycles.